The van der Waals surface area contributed by atoms with Crippen molar-refractivity contribution in [2.75, 3.05) is 5.32 Å². The van der Waals surface area contributed by atoms with E-state index in [1.807, 2.05) is 31.2 Å². The van der Waals surface area contributed by atoms with Gasteiger partial charge in [-0.05, 0) is 31.9 Å². The van der Waals surface area contributed by atoms with Gasteiger partial charge in [0.1, 0.15) is 0 Å². The molecule has 0 spiro atoms. The molecule has 0 aliphatic heterocycles. The number of hydrogen-bond donors (Lipinski definition) is 2. The molecule has 104 valence electrons. The molecule has 0 aliphatic rings. The molecule has 4 nitrogen and oxygen atoms in total. The number of aliphatic carboxylic acids is 1. The van der Waals surface area contributed by atoms with Crippen molar-refractivity contribution in [3.8, 4) is 0 Å². The van der Waals surface area contributed by atoms with Crippen molar-refractivity contribution in [3.05, 3.63) is 29.8 Å². The summed E-state index contributed by atoms with van der Waals surface area (Å²) < 4.78 is 0. The zero-order chi connectivity index (χ0) is 14.1. The molecule has 0 radical (unpaired) electrons. The van der Waals surface area contributed by atoms with Crippen LogP contribution in [0.5, 0.6) is 0 Å². The van der Waals surface area contributed by atoms with E-state index in [0.717, 1.165) is 30.5 Å². The van der Waals surface area contributed by atoms with Gasteiger partial charge in [-0.2, -0.15) is 0 Å². The van der Waals surface area contributed by atoms with Crippen LogP contribution < -0.4 is 5.32 Å². The van der Waals surface area contributed by atoms with Crippen molar-refractivity contribution in [2.24, 2.45) is 0 Å². The van der Waals surface area contributed by atoms with Crippen LogP contribution in [-0.4, -0.2) is 17.0 Å². The monoisotopic (exact) mass is 263 g/mol. The van der Waals surface area contributed by atoms with E-state index in [2.05, 4.69) is 5.32 Å². The minimum Gasteiger partial charge on any atom is -0.481 e. The number of anilines is 1. The zero-order valence-corrected chi connectivity index (χ0v) is 11.3. The van der Waals surface area contributed by atoms with Gasteiger partial charge in [0.2, 0.25) is 5.91 Å². The topological polar surface area (TPSA) is 66.4 Å². The second-order valence-electron chi connectivity index (χ2n) is 4.72. The van der Waals surface area contributed by atoms with Crippen molar-refractivity contribution < 1.29 is 14.7 Å². The van der Waals surface area contributed by atoms with Crippen LogP contribution in [0.1, 0.15) is 44.1 Å². The summed E-state index contributed by atoms with van der Waals surface area (Å²) in [5, 5.41) is 11.3. The minimum absolute atomic E-state index is 0.0158. The second kappa shape index (κ2) is 8.29. The van der Waals surface area contributed by atoms with Gasteiger partial charge in [0.25, 0.3) is 0 Å². The molecule has 0 saturated heterocycles. The number of carbonyl (C=O) groups excluding carboxylic acids is 1. The standard InChI is InChI=1S/C15H21NO3/c1-12-8-10-13(11-9-12)16-14(17)6-4-2-3-5-7-15(18)19/h8-11H,2-7H2,1H3,(H,16,17)(H,18,19). The first kappa shape index (κ1) is 15.2. The third kappa shape index (κ3) is 7.24. The van der Waals surface area contributed by atoms with Crippen LogP contribution >= 0.6 is 0 Å². The van der Waals surface area contributed by atoms with Gasteiger partial charge in [-0.3, -0.25) is 9.59 Å². The average Bonchev–Trinajstić information content (AvgIpc) is 2.36. The van der Waals surface area contributed by atoms with Gasteiger partial charge in [0.05, 0.1) is 0 Å². The number of aryl methyl sites for hydroxylation is 1. The Kier molecular flexibility index (Phi) is 6.64. The number of unbranched alkanes of at least 4 members (excludes halogenated alkanes) is 3. The fourth-order valence-electron chi connectivity index (χ4n) is 1.78. The molecule has 0 aromatic heterocycles. The van der Waals surface area contributed by atoms with Crippen LogP contribution in [0.25, 0.3) is 0 Å². The van der Waals surface area contributed by atoms with E-state index in [4.69, 9.17) is 5.11 Å². The SMILES string of the molecule is Cc1ccc(NC(=O)CCCCCCC(=O)O)cc1. The van der Waals surface area contributed by atoms with Crippen molar-refractivity contribution in [3.63, 3.8) is 0 Å². The fraction of sp³-hybridized carbons (Fsp3) is 0.467. The summed E-state index contributed by atoms with van der Waals surface area (Å²) in [5.41, 5.74) is 1.98. The molecule has 0 aliphatic carbocycles. The predicted molar refractivity (Wildman–Crippen MR) is 75.1 cm³/mol. The Morgan fingerprint density at radius 1 is 1.00 bits per heavy atom. The Balaban J connectivity index is 2.11. The molecule has 0 unspecified atom stereocenters. The van der Waals surface area contributed by atoms with E-state index >= 15 is 0 Å². The molecule has 19 heavy (non-hydrogen) atoms. The van der Waals surface area contributed by atoms with E-state index in [1.54, 1.807) is 0 Å². The molecule has 1 aromatic rings. The predicted octanol–water partition coefficient (Wildman–Crippen LogP) is 3.36. The first-order valence-corrected chi connectivity index (χ1v) is 6.66. The lowest BCUT2D eigenvalue weighted by Crippen LogP contribution is -2.10. The molecule has 1 aromatic carbocycles. The lowest BCUT2D eigenvalue weighted by molar-refractivity contribution is -0.137. The molecule has 0 atom stereocenters. The lowest BCUT2D eigenvalue weighted by atomic mass is 10.1. The highest BCUT2D eigenvalue weighted by molar-refractivity contribution is 5.90. The Bertz CT molecular complexity index is 412. The maximum absolute atomic E-state index is 11.6. The van der Waals surface area contributed by atoms with E-state index < -0.39 is 5.97 Å². The minimum atomic E-state index is -0.753. The highest BCUT2D eigenvalue weighted by Gasteiger charge is 2.02. The molecule has 0 saturated carbocycles. The van der Waals surface area contributed by atoms with Crippen molar-refractivity contribution in [2.45, 2.75) is 45.4 Å². The molecule has 0 heterocycles. The van der Waals surface area contributed by atoms with Crippen LogP contribution in [0.15, 0.2) is 24.3 Å². The first-order valence-electron chi connectivity index (χ1n) is 6.66. The van der Waals surface area contributed by atoms with Gasteiger partial charge >= 0.3 is 5.97 Å². The van der Waals surface area contributed by atoms with Gasteiger partial charge in [0.15, 0.2) is 0 Å². The van der Waals surface area contributed by atoms with Gasteiger partial charge < -0.3 is 10.4 Å². The van der Waals surface area contributed by atoms with Crippen LogP contribution in [0.2, 0.25) is 0 Å². The highest BCUT2D eigenvalue weighted by Crippen LogP contribution is 2.10. The molecule has 0 bridgehead atoms. The Morgan fingerprint density at radius 2 is 1.58 bits per heavy atom. The van der Waals surface area contributed by atoms with Crippen LogP contribution in [0.4, 0.5) is 5.69 Å². The molecule has 0 fully saturated rings. The average molecular weight is 263 g/mol. The van der Waals surface area contributed by atoms with Crippen molar-refractivity contribution in [1.29, 1.82) is 0 Å². The number of rotatable bonds is 8. The molecule has 1 amide bonds. The van der Waals surface area contributed by atoms with Gasteiger partial charge in [-0.25, -0.2) is 0 Å². The molecule has 4 heteroatoms. The molecular weight excluding hydrogens is 242 g/mol. The highest BCUT2D eigenvalue weighted by atomic mass is 16.4. The Labute approximate surface area is 113 Å². The number of carbonyl (C=O) groups is 2. The van der Waals surface area contributed by atoms with Gasteiger partial charge in [-0.15, -0.1) is 0 Å². The summed E-state index contributed by atoms with van der Waals surface area (Å²) in [6.07, 6.45) is 3.96. The van der Waals surface area contributed by atoms with Crippen LogP contribution in [0, 0.1) is 6.92 Å². The van der Waals surface area contributed by atoms with E-state index in [-0.39, 0.29) is 12.3 Å². The summed E-state index contributed by atoms with van der Waals surface area (Å²) in [4.78, 5) is 21.9. The summed E-state index contributed by atoms with van der Waals surface area (Å²) in [6.45, 7) is 2.00. The summed E-state index contributed by atoms with van der Waals surface area (Å²) in [7, 11) is 0. The number of carboxylic acid groups (broad SMARTS) is 1. The molecular formula is C15H21NO3. The molecule has 1 rings (SSSR count). The number of carboxylic acids is 1. The maximum Gasteiger partial charge on any atom is 0.303 e. The number of benzene rings is 1. The van der Waals surface area contributed by atoms with Crippen molar-refractivity contribution in [1.82, 2.24) is 0 Å². The van der Waals surface area contributed by atoms with Gasteiger partial charge in [-0.1, -0.05) is 30.5 Å². The Morgan fingerprint density at radius 3 is 2.16 bits per heavy atom. The number of hydrogen-bond acceptors (Lipinski definition) is 2. The number of amides is 1. The summed E-state index contributed by atoms with van der Waals surface area (Å²) >= 11 is 0. The largest absolute Gasteiger partial charge is 0.481 e. The first-order chi connectivity index (χ1) is 9.08. The second-order valence-corrected chi connectivity index (χ2v) is 4.72. The Hall–Kier alpha value is -1.84. The van der Waals surface area contributed by atoms with Gasteiger partial charge in [0, 0.05) is 18.5 Å². The third-order valence-electron chi connectivity index (χ3n) is 2.88. The van der Waals surface area contributed by atoms with Crippen LogP contribution in [0.3, 0.4) is 0 Å². The van der Waals surface area contributed by atoms with E-state index in [1.165, 1.54) is 0 Å². The smallest absolute Gasteiger partial charge is 0.303 e. The van der Waals surface area contributed by atoms with E-state index in [0.29, 0.717) is 12.8 Å². The summed E-state index contributed by atoms with van der Waals surface area (Å²) in [6, 6.07) is 7.70. The normalized spacial score (nSPS) is 10.2. The third-order valence-corrected chi connectivity index (χ3v) is 2.88. The maximum atomic E-state index is 11.6. The van der Waals surface area contributed by atoms with Crippen LogP contribution in [-0.2, 0) is 9.59 Å². The molecule has 2 N–H and O–H groups in total. The lowest BCUT2D eigenvalue weighted by Gasteiger charge is -2.05. The number of nitrogens with one attached hydrogen (secondary N) is 1. The zero-order valence-electron chi connectivity index (χ0n) is 11.3. The van der Waals surface area contributed by atoms with Crippen molar-refractivity contribution >= 4 is 17.6 Å². The fourth-order valence-corrected chi connectivity index (χ4v) is 1.78. The quantitative estimate of drug-likeness (QED) is 0.707. The van der Waals surface area contributed by atoms with E-state index in [9.17, 15) is 9.59 Å². The summed E-state index contributed by atoms with van der Waals surface area (Å²) in [5.74, 6) is -0.737.